The van der Waals surface area contributed by atoms with Crippen molar-refractivity contribution >= 4 is 12.1 Å². The summed E-state index contributed by atoms with van der Waals surface area (Å²) in [4.78, 5) is 26.8. The number of ether oxygens (including phenoxy) is 2. The molecule has 2 atom stereocenters. The normalized spacial score (nSPS) is 18.7. The predicted molar refractivity (Wildman–Crippen MR) is 116 cm³/mol. The Bertz CT molecular complexity index is 829. The highest BCUT2D eigenvalue weighted by Gasteiger charge is 2.36. The van der Waals surface area contributed by atoms with E-state index in [9.17, 15) is 9.59 Å². The molecule has 1 amide bonds. The van der Waals surface area contributed by atoms with Crippen LogP contribution in [0.1, 0.15) is 38.3 Å². The van der Waals surface area contributed by atoms with Crippen LogP contribution in [0, 0.1) is 5.92 Å². The first-order valence-electron chi connectivity index (χ1n) is 10.6. The van der Waals surface area contributed by atoms with Gasteiger partial charge in [-0.25, -0.2) is 4.79 Å². The highest BCUT2D eigenvalue weighted by atomic mass is 16.6. The molecular weight excluding hydrogens is 378 g/mol. The minimum atomic E-state index is -0.579. The lowest BCUT2D eigenvalue weighted by molar-refractivity contribution is -0.144. The maximum atomic E-state index is 12.8. The van der Waals surface area contributed by atoms with E-state index in [0.717, 1.165) is 11.1 Å². The van der Waals surface area contributed by atoms with E-state index >= 15 is 0 Å². The average Bonchev–Trinajstić information content (AvgIpc) is 3.04. The maximum absolute atomic E-state index is 12.8. The maximum Gasteiger partial charge on any atom is 0.410 e. The Morgan fingerprint density at radius 2 is 1.63 bits per heavy atom. The molecule has 1 saturated heterocycles. The van der Waals surface area contributed by atoms with Crippen molar-refractivity contribution in [3.63, 3.8) is 0 Å². The van der Waals surface area contributed by atoms with Gasteiger partial charge in [0.2, 0.25) is 0 Å². The smallest absolute Gasteiger partial charge is 0.410 e. The first-order chi connectivity index (χ1) is 14.3. The highest BCUT2D eigenvalue weighted by Crippen LogP contribution is 2.26. The number of esters is 1. The summed E-state index contributed by atoms with van der Waals surface area (Å²) in [7, 11) is 0. The van der Waals surface area contributed by atoms with E-state index in [4.69, 9.17) is 9.47 Å². The van der Waals surface area contributed by atoms with Crippen LogP contribution in [0.4, 0.5) is 4.79 Å². The van der Waals surface area contributed by atoms with Crippen LogP contribution < -0.4 is 0 Å². The first kappa shape index (κ1) is 21.9. The summed E-state index contributed by atoms with van der Waals surface area (Å²) in [6.07, 6.45) is 1.30. The molecule has 0 aliphatic carbocycles. The summed E-state index contributed by atoms with van der Waals surface area (Å²) in [6, 6.07) is 20.0. The molecule has 0 bridgehead atoms. The van der Waals surface area contributed by atoms with Gasteiger partial charge in [0.25, 0.3) is 0 Å². The highest BCUT2D eigenvalue weighted by molar-refractivity contribution is 5.75. The molecule has 3 rings (SSSR count). The van der Waals surface area contributed by atoms with Crippen LogP contribution in [0.2, 0.25) is 0 Å². The third-order valence-corrected chi connectivity index (χ3v) is 5.08. The van der Waals surface area contributed by atoms with E-state index in [1.807, 2.05) is 81.4 Å². The fourth-order valence-corrected chi connectivity index (χ4v) is 3.64. The fraction of sp³-hybridized carbons (Fsp3) is 0.440. The van der Waals surface area contributed by atoms with Crippen molar-refractivity contribution in [3.05, 3.63) is 71.8 Å². The van der Waals surface area contributed by atoms with Gasteiger partial charge in [0, 0.05) is 6.54 Å². The van der Waals surface area contributed by atoms with E-state index in [1.165, 1.54) is 0 Å². The van der Waals surface area contributed by atoms with E-state index in [-0.39, 0.29) is 24.1 Å². The zero-order valence-electron chi connectivity index (χ0n) is 18.0. The standard InChI is InChI=1S/C25H31NO4/c1-25(2,3)30-24(28)26(15-14-19-10-6-4-7-11-19)18-22-17-21(23(27)29-22)16-20-12-8-5-9-13-20/h4-13,21-22H,14-18H2,1-3H3/t21-,22-/m1/s1. The second-order valence-electron chi connectivity index (χ2n) is 8.84. The second-order valence-corrected chi connectivity index (χ2v) is 8.84. The molecule has 0 N–H and O–H groups in total. The second kappa shape index (κ2) is 9.79. The Morgan fingerprint density at radius 3 is 2.23 bits per heavy atom. The number of carbonyl (C=O) groups is 2. The molecule has 5 nitrogen and oxygen atoms in total. The molecule has 5 heteroatoms. The van der Waals surface area contributed by atoms with Crippen molar-refractivity contribution in [1.29, 1.82) is 0 Å². The molecule has 1 fully saturated rings. The van der Waals surface area contributed by atoms with Gasteiger partial charge in [-0.1, -0.05) is 60.7 Å². The predicted octanol–water partition coefficient (Wildman–Crippen LogP) is 4.64. The van der Waals surface area contributed by atoms with Crippen molar-refractivity contribution in [1.82, 2.24) is 4.90 Å². The monoisotopic (exact) mass is 409 g/mol. The van der Waals surface area contributed by atoms with Crippen LogP contribution in [-0.2, 0) is 27.1 Å². The van der Waals surface area contributed by atoms with Gasteiger partial charge < -0.3 is 14.4 Å². The molecular formula is C25H31NO4. The Balaban J connectivity index is 1.62. The molecule has 1 heterocycles. The van der Waals surface area contributed by atoms with Gasteiger partial charge in [-0.3, -0.25) is 4.79 Å². The molecule has 0 saturated carbocycles. The SMILES string of the molecule is CC(C)(C)OC(=O)N(CCc1ccccc1)C[C@H]1C[C@@H](Cc2ccccc2)C(=O)O1. The zero-order chi connectivity index (χ0) is 21.6. The van der Waals surface area contributed by atoms with Crippen LogP contribution in [0.5, 0.6) is 0 Å². The molecule has 0 aromatic heterocycles. The summed E-state index contributed by atoms with van der Waals surface area (Å²) < 4.78 is 11.2. The number of nitrogens with zero attached hydrogens (tertiary/aromatic N) is 1. The Labute approximate surface area is 179 Å². The Hall–Kier alpha value is -2.82. The minimum absolute atomic E-state index is 0.174. The fourth-order valence-electron chi connectivity index (χ4n) is 3.64. The van der Waals surface area contributed by atoms with Crippen LogP contribution in [0.15, 0.2) is 60.7 Å². The lowest BCUT2D eigenvalue weighted by Gasteiger charge is -2.29. The minimum Gasteiger partial charge on any atom is -0.460 e. The third kappa shape index (κ3) is 6.61. The van der Waals surface area contributed by atoms with Gasteiger partial charge >= 0.3 is 12.1 Å². The third-order valence-electron chi connectivity index (χ3n) is 5.08. The van der Waals surface area contributed by atoms with Crippen LogP contribution >= 0.6 is 0 Å². The summed E-state index contributed by atoms with van der Waals surface area (Å²) in [5, 5.41) is 0. The van der Waals surface area contributed by atoms with Crippen molar-refractivity contribution in [3.8, 4) is 0 Å². The molecule has 30 heavy (non-hydrogen) atoms. The van der Waals surface area contributed by atoms with Crippen LogP contribution in [-0.4, -0.2) is 41.8 Å². The summed E-state index contributed by atoms with van der Waals surface area (Å²) in [6.45, 7) is 6.42. The number of benzene rings is 2. The number of hydrogen-bond donors (Lipinski definition) is 0. The average molecular weight is 410 g/mol. The molecule has 0 unspecified atom stereocenters. The molecule has 1 aliphatic heterocycles. The molecule has 1 aliphatic rings. The van der Waals surface area contributed by atoms with E-state index < -0.39 is 5.60 Å². The summed E-state index contributed by atoms with van der Waals surface area (Å²) in [5.74, 6) is -0.358. The van der Waals surface area contributed by atoms with Gasteiger partial charge in [-0.05, 0) is 51.2 Å². The lowest BCUT2D eigenvalue weighted by Crippen LogP contribution is -2.42. The van der Waals surface area contributed by atoms with Crippen LogP contribution in [0.25, 0.3) is 0 Å². The number of hydrogen-bond acceptors (Lipinski definition) is 4. The van der Waals surface area contributed by atoms with Crippen molar-refractivity contribution in [2.24, 2.45) is 5.92 Å². The molecule has 2 aromatic carbocycles. The number of cyclic esters (lactones) is 1. The quantitative estimate of drug-likeness (QED) is 0.625. The molecule has 160 valence electrons. The van der Waals surface area contributed by atoms with Gasteiger partial charge in [0.15, 0.2) is 0 Å². The Morgan fingerprint density at radius 1 is 1.03 bits per heavy atom. The van der Waals surface area contributed by atoms with E-state index in [0.29, 0.717) is 32.4 Å². The molecule has 2 aromatic rings. The van der Waals surface area contributed by atoms with Gasteiger partial charge in [0.1, 0.15) is 11.7 Å². The van der Waals surface area contributed by atoms with Crippen LogP contribution in [0.3, 0.4) is 0 Å². The zero-order valence-corrected chi connectivity index (χ0v) is 18.0. The lowest BCUT2D eigenvalue weighted by atomic mass is 9.96. The van der Waals surface area contributed by atoms with Gasteiger partial charge in [-0.2, -0.15) is 0 Å². The van der Waals surface area contributed by atoms with Gasteiger partial charge in [-0.15, -0.1) is 0 Å². The number of rotatable bonds is 7. The summed E-state index contributed by atoms with van der Waals surface area (Å²) >= 11 is 0. The van der Waals surface area contributed by atoms with E-state index in [1.54, 1.807) is 4.90 Å². The number of amides is 1. The summed E-state index contributed by atoms with van der Waals surface area (Å²) in [5.41, 5.74) is 1.69. The number of carbonyl (C=O) groups excluding carboxylic acids is 2. The Kier molecular flexibility index (Phi) is 7.14. The molecule has 0 radical (unpaired) electrons. The largest absolute Gasteiger partial charge is 0.460 e. The van der Waals surface area contributed by atoms with Crippen molar-refractivity contribution in [2.75, 3.05) is 13.1 Å². The molecule has 0 spiro atoms. The van der Waals surface area contributed by atoms with E-state index in [2.05, 4.69) is 0 Å². The van der Waals surface area contributed by atoms with Gasteiger partial charge in [0.05, 0.1) is 12.5 Å². The first-order valence-corrected chi connectivity index (χ1v) is 10.6. The van der Waals surface area contributed by atoms with Crippen molar-refractivity contribution < 1.29 is 19.1 Å². The topological polar surface area (TPSA) is 55.8 Å². The van der Waals surface area contributed by atoms with Crippen molar-refractivity contribution in [2.45, 2.75) is 51.7 Å².